The van der Waals surface area contributed by atoms with Crippen LogP contribution in [0.3, 0.4) is 0 Å². The van der Waals surface area contributed by atoms with E-state index in [-0.39, 0.29) is 30.2 Å². The van der Waals surface area contributed by atoms with Gasteiger partial charge in [0.15, 0.2) is 0 Å². The molecule has 1 heterocycles. The summed E-state index contributed by atoms with van der Waals surface area (Å²) >= 11 is 0. The van der Waals surface area contributed by atoms with E-state index in [0.29, 0.717) is 19.5 Å². The zero-order chi connectivity index (χ0) is 23.5. The van der Waals surface area contributed by atoms with Crippen molar-refractivity contribution in [1.29, 1.82) is 0 Å². The van der Waals surface area contributed by atoms with Crippen molar-refractivity contribution in [3.8, 4) is 0 Å². The third-order valence-corrected chi connectivity index (χ3v) is 5.79. The lowest BCUT2D eigenvalue weighted by atomic mass is 10.0. The van der Waals surface area contributed by atoms with E-state index >= 15 is 0 Å². The number of amides is 3. The molecule has 0 bridgehead atoms. The molecule has 1 aliphatic heterocycles. The summed E-state index contributed by atoms with van der Waals surface area (Å²) in [5.41, 5.74) is 1.07. The Labute approximate surface area is 192 Å². The summed E-state index contributed by atoms with van der Waals surface area (Å²) in [4.78, 5) is 42.3. The molecule has 1 saturated heterocycles. The fraction of sp³-hybridized carbons (Fsp3) is 0.640. The van der Waals surface area contributed by atoms with Crippen molar-refractivity contribution in [3.05, 3.63) is 35.9 Å². The van der Waals surface area contributed by atoms with Crippen LogP contribution < -0.4 is 10.6 Å². The van der Waals surface area contributed by atoms with Gasteiger partial charge in [-0.2, -0.15) is 0 Å². The number of nitrogens with zero attached hydrogens (tertiary/aromatic N) is 2. The molecular formula is C25H40N4O3. The molecule has 0 unspecified atom stereocenters. The van der Waals surface area contributed by atoms with E-state index in [4.69, 9.17) is 0 Å². The maximum atomic E-state index is 13.2. The van der Waals surface area contributed by atoms with Crippen LogP contribution in [0.25, 0.3) is 0 Å². The molecule has 1 aromatic carbocycles. The van der Waals surface area contributed by atoms with Crippen molar-refractivity contribution in [2.45, 2.75) is 65.0 Å². The van der Waals surface area contributed by atoms with E-state index in [9.17, 15) is 14.4 Å². The van der Waals surface area contributed by atoms with Gasteiger partial charge in [0.25, 0.3) is 0 Å². The predicted octanol–water partition coefficient (Wildman–Crippen LogP) is 2.21. The summed E-state index contributed by atoms with van der Waals surface area (Å²) in [6.45, 7) is 7.68. The van der Waals surface area contributed by atoms with Crippen molar-refractivity contribution in [2.75, 3.05) is 33.2 Å². The first-order valence-electron chi connectivity index (χ1n) is 11.9. The Hall–Kier alpha value is -2.41. The molecule has 2 rings (SSSR count). The normalized spacial score (nSPS) is 22.8. The van der Waals surface area contributed by atoms with Crippen molar-refractivity contribution >= 4 is 17.7 Å². The van der Waals surface area contributed by atoms with Crippen LogP contribution in [-0.2, 0) is 20.8 Å². The van der Waals surface area contributed by atoms with Gasteiger partial charge in [0.05, 0.1) is 12.6 Å². The average Bonchev–Trinajstić information content (AvgIpc) is 2.76. The molecule has 0 radical (unpaired) electrons. The van der Waals surface area contributed by atoms with Crippen LogP contribution in [0.15, 0.2) is 30.3 Å². The van der Waals surface area contributed by atoms with E-state index in [2.05, 4.69) is 10.6 Å². The number of benzene rings is 1. The second-order valence-electron chi connectivity index (χ2n) is 9.27. The summed E-state index contributed by atoms with van der Waals surface area (Å²) in [7, 11) is 1.80. The minimum atomic E-state index is -0.702. The van der Waals surface area contributed by atoms with Gasteiger partial charge in [-0.3, -0.25) is 14.4 Å². The van der Waals surface area contributed by atoms with Crippen LogP contribution in [0, 0.1) is 5.92 Å². The summed E-state index contributed by atoms with van der Waals surface area (Å²) in [5.74, 6) is -0.250. The minimum absolute atomic E-state index is 0.0411. The van der Waals surface area contributed by atoms with Gasteiger partial charge in [0.2, 0.25) is 17.7 Å². The van der Waals surface area contributed by atoms with Crippen molar-refractivity contribution in [1.82, 2.24) is 20.4 Å². The monoisotopic (exact) mass is 444 g/mol. The SMILES string of the molecule is CC(C)CN1CC(=O)N(C)CCCCCCN[C@@H](Cc2ccccc2)C(=O)N[C@@H](C)C1=O. The van der Waals surface area contributed by atoms with E-state index in [1.54, 1.807) is 23.8 Å². The maximum Gasteiger partial charge on any atom is 0.245 e. The highest BCUT2D eigenvalue weighted by molar-refractivity contribution is 5.91. The Morgan fingerprint density at radius 1 is 1.03 bits per heavy atom. The number of carbonyl (C=O) groups is 3. The Bertz CT molecular complexity index is 738. The standard InChI is InChI=1S/C25H40N4O3/c1-19(2)17-29-18-23(30)28(4)15-11-6-5-10-14-26-22(16-21-12-8-7-9-13-21)24(31)27-20(3)25(29)32/h7-9,12-13,19-20,22,26H,5-6,10-11,14-18H2,1-4H3,(H,27,31)/t20-,22-/m0/s1. The highest BCUT2D eigenvalue weighted by Gasteiger charge is 2.28. The Kier molecular flexibility index (Phi) is 10.7. The summed E-state index contributed by atoms with van der Waals surface area (Å²) in [5, 5.41) is 6.29. The maximum absolute atomic E-state index is 13.2. The van der Waals surface area contributed by atoms with Gasteiger partial charge >= 0.3 is 0 Å². The van der Waals surface area contributed by atoms with E-state index in [0.717, 1.165) is 37.8 Å². The molecule has 1 fully saturated rings. The smallest absolute Gasteiger partial charge is 0.245 e. The molecule has 1 aromatic rings. The number of nitrogens with one attached hydrogen (secondary N) is 2. The first-order valence-corrected chi connectivity index (χ1v) is 11.9. The molecule has 2 atom stereocenters. The quantitative estimate of drug-likeness (QED) is 0.746. The van der Waals surface area contributed by atoms with Gasteiger partial charge in [0.1, 0.15) is 6.04 Å². The number of hydrogen-bond acceptors (Lipinski definition) is 4. The van der Waals surface area contributed by atoms with Crippen LogP contribution in [0.5, 0.6) is 0 Å². The van der Waals surface area contributed by atoms with E-state index in [1.807, 2.05) is 44.2 Å². The lowest BCUT2D eigenvalue weighted by Gasteiger charge is -2.30. The van der Waals surface area contributed by atoms with Crippen molar-refractivity contribution < 1.29 is 14.4 Å². The zero-order valence-electron chi connectivity index (χ0n) is 20.1. The van der Waals surface area contributed by atoms with Crippen molar-refractivity contribution in [2.24, 2.45) is 5.92 Å². The van der Waals surface area contributed by atoms with E-state index in [1.165, 1.54) is 0 Å². The summed E-state index contributed by atoms with van der Waals surface area (Å²) in [6, 6.07) is 8.79. The molecule has 0 aliphatic carbocycles. The number of hydrogen-bond donors (Lipinski definition) is 2. The highest BCUT2D eigenvalue weighted by Crippen LogP contribution is 2.08. The molecule has 178 valence electrons. The molecule has 0 aromatic heterocycles. The van der Waals surface area contributed by atoms with Crippen LogP contribution in [0.2, 0.25) is 0 Å². The lowest BCUT2D eigenvalue weighted by Crippen LogP contribution is -2.55. The van der Waals surface area contributed by atoms with Gasteiger partial charge in [-0.25, -0.2) is 0 Å². The predicted molar refractivity (Wildman–Crippen MR) is 127 cm³/mol. The zero-order valence-corrected chi connectivity index (χ0v) is 20.1. The molecule has 32 heavy (non-hydrogen) atoms. The van der Waals surface area contributed by atoms with Gasteiger partial charge in [-0.15, -0.1) is 0 Å². The number of likely N-dealkylation sites (N-methyl/N-ethyl adjacent to an activating group) is 1. The van der Waals surface area contributed by atoms with Crippen molar-refractivity contribution in [3.63, 3.8) is 0 Å². The summed E-state index contributed by atoms with van der Waals surface area (Å²) < 4.78 is 0. The first-order chi connectivity index (χ1) is 15.3. The first kappa shape index (κ1) is 25.8. The molecule has 2 N–H and O–H groups in total. The van der Waals surface area contributed by atoms with Crippen LogP contribution in [0.4, 0.5) is 0 Å². The number of rotatable bonds is 4. The highest BCUT2D eigenvalue weighted by atomic mass is 16.2. The molecule has 0 saturated carbocycles. The van der Waals surface area contributed by atoms with Gasteiger partial charge < -0.3 is 20.4 Å². The van der Waals surface area contributed by atoms with Gasteiger partial charge in [-0.05, 0) is 44.2 Å². The third-order valence-electron chi connectivity index (χ3n) is 5.79. The Morgan fingerprint density at radius 3 is 2.41 bits per heavy atom. The summed E-state index contributed by atoms with van der Waals surface area (Å²) in [6.07, 6.45) is 4.54. The lowest BCUT2D eigenvalue weighted by molar-refractivity contribution is -0.142. The molecular weight excluding hydrogens is 404 g/mol. The molecule has 7 heteroatoms. The van der Waals surface area contributed by atoms with Crippen LogP contribution >= 0.6 is 0 Å². The average molecular weight is 445 g/mol. The second-order valence-corrected chi connectivity index (χ2v) is 9.27. The molecule has 0 spiro atoms. The van der Waals surface area contributed by atoms with Gasteiger partial charge in [-0.1, -0.05) is 57.0 Å². The minimum Gasteiger partial charge on any atom is -0.344 e. The largest absolute Gasteiger partial charge is 0.344 e. The molecule has 7 nitrogen and oxygen atoms in total. The number of carbonyl (C=O) groups excluding carboxylic acids is 3. The fourth-order valence-corrected chi connectivity index (χ4v) is 3.94. The van der Waals surface area contributed by atoms with Gasteiger partial charge in [0, 0.05) is 20.1 Å². The third kappa shape index (κ3) is 8.61. The second kappa shape index (κ2) is 13.2. The van der Waals surface area contributed by atoms with Crippen LogP contribution in [0.1, 0.15) is 52.0 Å². The Morgan fingerprint density at radius 2 is 1.72 bits per heavy atom. The Balaban J connectivity index is 2.17. The van der Waals surface area contributed by atoms with Crippen LogP contribution in [-0.4, -0.2) is 72.8 Å². The van der Waals surface area contributed by atoms with E-state index < -0.39 is 12.1 Å². The molecule has 3 amide bonds. The fourth-order valence-electron chi connectivity index (χ4n) is 3.94. The topological polar surface area (TPSA) is 81.8 Å². The molecule has 1 aliphatic rings.